The van der Waals surface area contributed by atoms with Crippen molar-refractivity contribution in [1.82, 2.24) is 0 Å². The van der Waals surface area contributed by atoms with Gasteiger partial charge in [-0.15, -0.1) is 0 Å². The van der Waals surface area contributed by atoms with Crippen LogP contribution in [0, 0.1) is 0 Å². The molecule has 2 nitrogen and oxygen atoms in total. The zero-order chi connectivity index (χ0) is 5.14. The molecule has 3 fully saturated rings. The molecule has 0 unspecified atom stereocenters. The average Bonchev–Trinajstić information content (AvgIpc) is 2.45. The quantitative estimate of drug-likeness (QED) is 0.421. The fraction of sp³-hybridized carbons (Fsp3) is 1.00. The van der Waals surface area contributed by atoms with Gasteiger partial charge in [0.1, 0.15) is 0 Å². The van der Waals surface area contributed by atoms with E-state index in [4.69, 9.17) is 9.47 Å². The molecule has 0 aromatic rings. The maximum absolute atomic E-state index is 5.30. The molecule has 0 aromatic carbocycles. The molecule has 1 aliphatic carbocycles. The van der Waals surface area contributed by atoms with Gasteiger partial charge in [-0.1, -0.05) is 0 Å². The van der Waals surface area contributed by atoms with E-state index in [1.54, 1.807) is 0 Å². The van der Waals surface area contributed by atoms with Gasteiger partial charge in [-0.2, -0.15) is 0 Å². The first-order valence-corrected chi connectivity index (χ1v) is 3.24. The average molecular weight is 112 g/mol. The molecular formula is C6H8O2. The molecule has 0 spiro atoms. The van der Waals surface area contributed by atoms with Crippen molar-refractivity contribution in [2.45, 2.75) is 37.3 Å². The van der Waals surface area contributed by atoms with Crippen LogP contribution >= 0.6 is 0 Å². The highest BCUT2D eigenvalue weighted by Crippen LogP contribution is 2.46. The third-order valence-electron chi connectivity index (χ3n) is 2.30. The molecular weight excluding hydrogens is 104 g/mol. The highest BCUT2D eigenvalue weighted by Gasteiger charge is 2.56. The third kappa shape index (κ3) is 0.361. The zero-order valence-electron chi connectivity index (χ0n) is 4.54. The number of hydrogen-bond acceptors (Lipinski definition) is 2. The van der Waals surface area contributed by atoms with Gasteiger partial charge in [-0.25, -0.2) is 0 Å². The lowest BCUT2D eigenvalue weighted by Gasteiger charge is -1.94. The Kier molecular flexibility index (Phi) is 0.461. The summed E-state index contributed by atoms with van der Waals surface area (Å²) in [4.78, 5) is 0. The Morgan fingerprint density at radius 2 is 1.12 bits per heavy atom. The molecule has 2 saturated heterocycles. The second-order valence-electron chi connectivity index (χ2n) is 2.90. The van der Waals surface area contributed by atoms with Gasteiger partial charge >= 0.3 is 0 Å². The van der Waals surface area contributed by atoms with Gasteiger partial charge in [0.05, 0.1) is 24.4 Å². The van der Waals surface area contributed by atoms with Gasteiger partial charge in [0.25, 0.3) is 0 Å². The van der Waals surface area contributed by atoms with E-state index in [-0.39, 0.29) is 0 Å². The van der Waals surface area contributed by atoms with Crippen molar-refractivity contribution in [2.24, 2.45) is 0 Å². The van der Waals surface area contributed by atoms with E-state index in [9.17, 15) is 0 Å². The Labute approximate surface area is 47.8 Å². The number of fused-ring (bicyclic) bond motifs is 2. The first-order chi connectivity index (χ1) is 3.93. The predicted octanol–water partition coefficient (Wildman–Crippen LogP) is 0.315. The van der Waals surface area contributed by atoms with Crippen molar-refractivity contribution < 1.29 is 9.47 Å². The topological polar surface area (TPSA) is 25.1 Å². The van der Waals surface area contributed by atoms with Crippen LogP contribution in [0.5, 0.6) is 0 Å². The molecule has 0 radical (unpaired) electrons. The molecule has 0 amide bonds. The summed E-state index contributed by atoms with van der Waals surface area (Å²) in [5, 5.41) is 0. The predicted molar refractivity (Wildman–Crippen MR) is 26.6 cm³/mol. The van der Waals surface area contributed by atoms with Gasteiger partial charge in [-0.3, -0.25) is 0 Å². The second-order valence-corrected chi connectivity index (χ2v) is 2.90. The van der Waals surface area contributed by atoms with Crippen molar-refractivity contribution in [3.05, 3.63) is 0 Å². The normalized spacial score (nSPS) is 66.0. The van der Waals surface area contributed by atoms with Crippen molar-refractivity contribution >= 4 is 0 Å². The fourth-order valence-electron chi connectivity index (χ4n) is 1.65. The Hall–Kier alpha value is -0.0800. The molecule has 0 N–H and O–H groups in total. The van der Waals surface area contributed by atoms with E-state index in [0.717, 1.165) is 0 Å². The van der Waals surface area contributed by atoms with Crippen molar-refractivity contribution in [3.8, 4) is 0 Å². The summed E-state index contributed by atoms with van der Waals surface area (Å²) in [7, 11) is 0. The summed E-state index contributed by atoms with van der Waals surface area (Å²) < 4.78 is 10.6. The van der Waals surface area contributed by atoms with Crippen LogP contribution in [-0.2, 0) is 9.47 Å². The van der Waals surface area contributed by atoms with E-state index < -0.39 is 0 Å². The van der Waals surface area contributed by atoms with Crippen LogP contribution in [-0.4, -0.2) is 24.4 Å². The SMILES string of the molecule is C1[C@@H]2O[C@@H]2C[C@@H]2O[C@H]12. The van der Waals surface area contributed by atoms with E-state index in [2.05, 4.69) is 0 Å². The van der Waals surface area contributed by atoms with E-state index in [1.165, 1.54) is 12.8 Å². The van der Waals surface area contributed by atoms with Crippen LogP contribution in [0.2, 0.25) is 0 Å². The van der Waals surface area contributed by atoms with Crippen molar-refractivity contribution in [3.63, 3.8) is 0 Å². The molecule has 8 heavy (non-hydrogen) atoms. The second kappa shape index (κ2) is 0.957. The summed E-state index contributed by atoms with van der Waals surface area (Å²) in [6.45, 7) is 0. The van der Waals surface area contributed by atoms with Crippen LogP contribution in [0.3, 0.4) is 0 Å². The highest BCUT2D eigenvalue weighted by atomic mass is 16.6. The minimum Gasteiger partial charge on any atom is -0.369 e. The van der Waals surface area contributed by atoms with Crippen molar-refractivity contribution in [1.29, 1.82) is 0 Å². The molecule has 3 aliphatic rings. The van der Waals surface area contributed by atoms with E-state index in [0.29, 0.717) is 24.4 Å². The molecule has 2 heteroatoms. The minimum atomic E-state index is 0.596. The highest BCUT2D eigenvalue weighted by molar-refractivity contribution is 5.03. The number of ether oxygens (including phenoxy) is 2. The van der Waals surface area contributed by atoms with Gasteiger partial charge in [0.15, 0.2) is 0 Å². The number of hydrogen-bond donors (Lipinski definition) is 0. The molecule has 0 aromatic heterocycles. The van der Waals surface area contributed by atoms with Gasteiger partial charge < -0.3 is 9.47 Å². The summed E-state index contributed by atoms with van der Waals surface area (Å²) in [6.07, 6.45) is 4.74. The Morgan fingerprint density at radius 3 is 1.50 bits per heavy atom. The molecule has 0 bridgehead atoms. The lowest BCUT2D eigenvalue weighted by molar-refractivity contribution is 0.295. The molecule has 3 rings (SSSR count). The monoisotopic (exact) mass is 112 g/mol. The zero-order valence-corrected chi connectivity index (χ0v) is 4.54. The summed E-state index contributed by atoms with van der Waals surface area (Å²) in [5.74, 6) is 0. The molecule has 1 saturated carbocycles. The maximum Gasteiger partial charge on any atom is 0.0868 e. The number of epoxide rings is 2. The van der Waals surface area contributed by atoms with Crippen LogP contribution < -0.4 is 0 Å². The lowest BCUT2D eigenvalue weighted by Crippen LogP contribution is -2.10. The first-order valence-electron chi connectivity index (χ1n) is 3.24. The first kappa shape index (κ1) is 3.85. The standard InChI is InChI=1S/C6H8O2/c1-3-5(7-3)2-6-4(1)8-6/h3-6H,1-2H2/t3-,4+,5+,6-. The molecule has 2 aliphatic heterocycles. The minimum absolute atomic E-state index is 0.596. The largest absolute Gasteiger partial charge is 0.369 e. The fourth-order valence-corrected chi connectivity index (χ4v) is 1.65. The van der Waals surface area contributed by atoms with E-state index >= 15 is 0 Å². The van der Waals surface area contributed by atoms with Gasteiger partial charge in [0, 0.05) is 12.8 Å². The number of rotatable bonds is 0. The summed E-state index contributed by atoms with van der Waals surface area (Å²) >= 11 is 0. The van der Waals surface area contributed by atoms with E-state index in [1.807, 2.05) is 0 Å². The van der Waals surface area contributed by atoms with Crippen molar-refractivity contribution in [2.75, 3.05) is 0 Å². The Morgan fingerprint density at radius 1 is 0.750 bits per heavy atom. The molecule has 44 valence electrons. The Bertz CT molecular complexity index is 106. The summed E-state index contributed by atoms with van der Waals surface area (Å²) in [5.41, 5.74) is 0. The maximum atomic E-state index is 5.30. The van der Waals surface area contributed by atoms with Crippen LogP contribution in [0.25, 0.3) is 0 Å². The third-order valence-corrected chi connectivity index (χ3v) is 2.30. The van der Waals surface area contributed by atoms with Gasteiger partial charge in [0.2, 0.25) is 0 Å². The molecule has 2 heterocycles. The Balaban J connectivity index is 1.85. The molecule has 4 atom stereocenters. The van der Waals surface area contributed by atoms with Crippen LogP contribution in [0.1, 0.15) is 12.8 Å². The van der Waals surface area contributed by atoms with Crippen LogP contribution in [0.4, 0.5) is 0 Å². The van der Waals surface area contributed by atoms with Gasteiger partial charge in [-0.05, 0) is 0 Å². The lowest BCUT2D eigenvalue weighted by atomic mass is 10.0. The smallest absolute Gasteiger partial charge is 0.0868 e. The summed E-state index contributed by atoms with van der Waals surface area (Å²) in [6, 6.07) is 0. The van der Waals surface area contributed by atoms with Crippen LogP contribution in [0.15, 0.2) is 0 Å².